The number of sulfone groups is 1. The number of carbonyl (C=O) groups is 1. The van der Waals surface area contributed by atoms with Crippen molar-refractivity contribution in [2.75, 3.05) is 5.75 Å². The zero-order valence-corrected chi connectivity index (χ0v) is 10.9. The zero-order valence-electron chi connectivity index (χ0n) is 10.1. The summed E-state index contributed by atoms with van der Waals surface area (Å²) < 4.78 is 64.2. The van der Waals surface area contributed by atoms with Crippen LogP contribution in [0.25, 0.3) is 0 Å². The molecule has 0 amide bonds. The zero-order chi connectivity index (χ0) is 15.5. The van der Waals surface area contributed by atoms with E-state index in [1.54, 1.807) is 0 Å². The first-order chi connectivity index (χ1) is 9.19. The highest BCUT2D eigenvalue weighted by Gasteiger charge is 2.26. The molecule has 1 N–H and O–H groups in total. The van der Waals surface area contributed by atoms with Gasteiger partial charge in [-0.25, -0.2) is 27.0 Å². The number of hydrogen-bond donors (Lipinski definition) is 1. The highest BCUT2D eigenvalue weighted by molar-refractivity contribution is 7.91. The molecule has 112 valence electrons. The van der Waals surface area contributed by atoms with Crippen molar-refractivity contribution in [3.05, 3.63) is 18.0 Å². The van der Waals surface area contributed by atoms with Crippen LogP contribution in [0.15, 0.2) is 17.2 Å². The maximum atomic E-state index is 12.7. The number of carboxylic acids is 1. The molecule has 6 nitrogen and oxygen atoms in total. The first-order valence-electron chi connectivity index (χ1n) is 5.24. The molecule has 0 spiro atoms. The van der Waals surface area contributed by atoms with E-state index in [-0.39, 0.29) is 0 Å². The van der Waals surface area contributed by atoms with E-state index in [1.165, 1.54) is 6.92 Å². The van der Waals surface area contributed by atoms with Crippen molar-refractivity contribution < 1.29 is 36.2 Å². The number of carboxylic acid groups (broad SMARTS) is 1. The monoisotopic (exact) mass is 313 g/mol. The third kappa shape index (κ3) is 3.59. The Balaban J connectivity index is 3.28. The van der Waals surface area contributed by atoms with Crippen LogP contribution < -0.4 is 4.74 Å². The molecule has 1 aromatic rings. The predicted molar refractivity (Wildman–Crippen MR) is 60.5 cm³/mol. The molecular formula is C10H10F3NO5S. The van der Waals surface area contributed by atoms with Crippen molar-refractivity contribution in [2.45, 2.75) is 24.6 Å². The molecule has 0 radical (unpaired) electrons. The highest BCUT2D eigenvalue weighted by atomic mass is 32.2. The Morgan fingerprint density at radius 3 is 2.50 bits per heavy atom. The number of hydrogen-bond acceptors (Lipinski definition) is 5. The molecule has 0 bridgehead atoms. The standard InChI is InChI=1S/C10H10F3NO5S/c1-2-20(17,18)6-3-5(19-9(13)8(11)12)4-14-7(6)10(15)16/h3-4,8-9H,2H2,1H3,(H,15,16). The van der Waals surface area contributed by atoms with Crippen LogP contribution in [-0.4, -0.2) is 43.0 Å². The van der Waals surface area contributed by atoms with Gasteiger partial charge in [0.1, 0.15) is 10.6 Å². The van der Waals surface area contributed by atoms with Crippen molar-refractivity contribution in [1.82, 2.24) is 4.98 Å². The minimum Gasteiger partial charge on any atom is -0.476 e. The van der Waals surface area contributed by atoms with E-state index >= 15 is 0 Å². The second-order valence-electron chi connectivity index (χ2n) is 3.53. The fourth-order valence-corrected chi connectivity index (χ4v) is 2.27. The van der Waals surface area contributed by atoms with E-state index in [0.717, 1.165) is 0 Å². The fraction of sp³-hybridized carbons (Fsp3) is 0.400. The number of nitrogens with zero attached hydrogens (tertiary/aromatic N) is 1. The number of aromatic carboxylic acids is 1. The second-order valence-corrected chi connectivity index (χ2v) is 5.78. The van der Waals surface area contributed by atoms with Gasteiger partial charge in [-0.15, -0.1) is 0 Å². The van der Waals surface area contributed by atoms with Gasteiger partial charge in [0.2, 0.25) is 0 Å². The third-order valence-electron chi connectivity index (χ3n) is 2.19. The summed E-state index contributed by atoms with van der Waals surface area (Å²) in [5.41, 5.74) is -0.786. The molecule has 0 aromatic carbocycles. The van der Waals surface area contributed by atoms with Crippen LogP contribution in [0.3, 0.4) is 0 Å². The minimum absolute atomic E-state index is 0.438. The van der Waals surface area contributed by atoms with Gasteiger partial charge in [0.05, 0.1) is 11.9 Å². The molecule has 1 rings (SSSR count). The van der Waals surface area contributed by atoms with Gasteiger partial charge in [-0.1, -0.05) is 6.92 Å². The highest BCUT2D eigenvalue weighted by Crippen LogP contribution is 2.23. The Labute approximate surface area is 112 Å². The van der Waals surface area contributed by atoms with Gasteiger partial charge in [0.15, 0.2) is 15.5 Å². The maximum Gasteiger partial charge on any atom is 0.355 e. The molecule has 0 saturated carbocycles. The van der Waals surface area contributed by atoms with E-state index < -0.39 is 50.7 Å². The van der Waals surface area contributed by atoms with Crippen molar-refractivity contribution >= 4 is 15.8 Å². The summed E-state index contributed by atoms with van der Waals surface area (Å²) in [5, 5.41) is 8.82. The normalized spacial score (nSPS) is 13.2. The van der Waals surface area contributed by atoms with Crippen LogP contribution in [0.2, 0.25) is 0 Å². The lowest BCUT2D eigenvalue weighted by atomic mass is 10.3. The van der Waals surface area contributed by atoms with Crippen LogP contribution in [-0.2, 0) is 9.84 Å². The van der Waals surface area contributed by atoms with E-state index in [9.17, 15) is 26.4 Å². The lowest BCUT2D eigenvalue weighted by Crippen LogP contribution is -2.20. The molecule has 0 fully saturated rings. The Hall–Kier alpha value is -1.84. The lowest BCUT2D eigenvalue weighted by molar-refractivity contribution is -0.0671. The van der Waals surface area contributed by atoms with Crippen molar-refractivity contribution in [3.8, 4) is 5.75 Å². The average molecular weight is 313 g/mol. The lowest BCUT2D eigenvalue weighted by Gasteiger charge is -2.12. The Morgan fingerprint density at radius 1 is 1.45 bits per heavy atom. The summed E-state index contributed by atoms with van der Waals surface area (Å²) in [6.45, 7) is 1.26. The van der Waals surface area contributed by atoms with E-state index in [2.05, 4.69) is 9.72 Å². The Bertz CT molecular complexity index is 605. The Kier molecular flexibility index (Phi) is 4.93. The predicted octanol–water partition coefficient (Wildman–Crippen LogP) is 1.51. The quantitative estimate of drug-likeness (QED) is 0.855. The molecule has 0 aliphatic rings. The SMILES string of the molecule is CCS(=O)(=O)c1cc(OC(F)C(F)F)cnc1C(=O)O. The first kappa shape index (κ1) is 16.2. The van der Waals surface area contributed by atoms with E-state index in [1.807, 2.05) is 0 Å². The van der Waals surface area contributed by atoms with Gasteiger partial charge in [0.25, 0.3) is 6.36 Å². The van der Waals surface area contributed by atoms with Gasteiger partial charge in [0, 0.05) is 6.07 Å². The number of ether oxygens (including phenoxy) is 1. The van der Waals surface area contributed by atoms with Gasteiger partial charge in [-0.05, 0) is 0 Å². The van der Waals surface area contributed by atoms with Crippen LogP contribution in [0.5, 0.6) is 5.75 Å². The fourth-order valence-electron chi connectivity index (χ4n) is 1.23. The summed E-state index contributed by atoms with van der Waals surface area (Å²) in [7, 11) is -3.99. The molecule has 0 aliphatic heterocycles. The smallest absolute Gasteiger partial charge is 0.355 e. The molecule has 1 atom stereocenters. The number of pyridine rings is 1. The molecule has 1 heterocycles. The second kappa shape index (κ2) is 6.07. The van der Waals surface area contributed by atoms with Crippen molar-refractivity contribution in [1.29, 1.82) is 0 Å². The Morgan fingerprint density at radius 2 is 2.05 bits per heavy atom. The van der Waals surface area contributed by atoms with Gasteiger partial charge >= 0.3 is 12.4 Å². The first-order valence-corrected chi connectivity index (χ1v) is 6.89. The van der Waals surface area contributed by atoms with Crippen LogP contribution >= 0.6 is 0 Å². The van der Waals surface area contributed by atoms with Gasteiger partial charge in [-0.2, -0.15) is 4.39 Å². The van der Waals surface area contributed by atoms with Crippen molar-refractivity contribution in [2.24, 2.45) is 0 Å². The molecule has 20 heavy (non-hydrogen) atoms. The van der Waals surface area contributed by atoms with E-state index in [0.29, 0.717) is 12.3 Å². The molecule has 0 aliphatic carbocycles. The minimum atomic E-state index is -3.99. The molecule has 10 heteroatoms. The van der Waals surface area contributed by atoms with Crippen LogP contribution in [0.4, 0.5) is 13.2 Å². The number of aromatic nitrogens is 1. The van der Waals surface area contributed by atoms with Crippen LogP contribution in [0, 0.1) is 0 Å². The summed E-state index contributed by atoms with van der Waals surface area (Å²) in [4.78, 5) is 13.4. The summed E-state index contributed by atoms with van der Waals surface area (Å²) in [5.74, 6) is -2.66. The van der Waals surface area contributed by atoms with Crippen molar-refractivity contribution in [3.63, 3.8) is 0 Å². The van der Waals surface area contributed by atoms with Gasteiger partial charge < -0.3 is 9.84 Å². The maximum absolute atomic E-state index is 12.7. The summed E-state index contributed by atoms with van der Waals surface area (Å²) >= 11 is 0. The molecule has 0 saturated heterocycles. The van der Waals surface area contributed by atoms with E-state index in [4.69, 9.17) is 5.11 Å². The van der Waals surface area contributed by atoms with Gasteiger partial charge in [-0.3, -0.25) is 0 Å². The topological polar surface area (TPSA) is 93.6 Å². The molecule has 1 aromatic heterocycles. The molecular weight excluding hydrogens is 303 g/mol. The number of rotatable bonds is 6. The summed E-state index contributed by atoms with van der Waals surface area (Å²) in [6.07, 6.45) is -5.74. The number of halogens is 3. The largest absolute Gasteiger partial charge is 0.476 e. The number of alkyl halides is 3. The average Bonchev–Trinajstić information content (AvgIpc) is 2.38. The summed E-state index contributed by atoms with van der Waals surface area (Å²) in [6, 6.07) is 0.657. The third-order valence-corrected chi connectivity index (χ3v) is 3.93. The van der Waals surface area contributed by atoms with Crippen LogP contribution in [0.1, 0.15) is 17.4 Å². The molecule has 1 unspecified atom stereocenters.